The van der Waals surface area contributed by atoms with E-state index in [-0.39, 0.29) is 12.4 Å². The van der Waals surface area contributed by atoms with Crippen LogP contribution in [0.3, 0.4) is 0 Å². The highest BCUT2D eigenvalue weighted by molar-refractivity contribution is 5.62. The number of aromatic nitrogens is 2. The Morgan fingerprint density at radius 3 is 2.71 bits per heavy atom. The van der Waals surface area contributed by atoms with E-state index in [4.69, 9.17) is 5.73 Å². The summed E-state index contributed by atoms with van der Waals surface area (Å²) in [5, 5.41) is 16.3. The van der Waals surface area contributed by atoms with Gasteiger partial charge in [-0.15, -0.1) is 0 Å². The van der Waals surface area contributed by atoms with Gasteiger partial charge < -0.3 is 10.8 Å². The number of hydrogen-bond donors (Lipinski definition) is 3. The second-order valence-electron chi connectivity index (χ2n) is 3.87. The fourth-order valence-corrected chi connectivity index (χ4v) is 1.67. The van der Waals surface area contributed by atoms with Crippen LogP contribution in [0.25, 0.3) is 11.3 Å². The topological polar surface area (TPSA) is 74.9 Å². The molecule has 1 unspecified atom stereocenters. The Morgan fingerprint density at radius 1 is 1.35 bits per heavy atom. The molecule has 1 aromatic heterocycles. The zero-order valence-corrected chi connectivity index (χ0v) is 9.23. The largest absolute Gasteiger partial charge is 0.391 e. The van der Waals surface area contributed by atoms with Crippen LogP contribution < -0.4 is 5.73 Å². The average Bonchev–Trinajstić information content (AvgIpc) is 2.78. The molecule has 17 heavy (non-hydrogen) atoms. The Hall–Kier alpha value is -1.72. The number of aliphatic hydroxyl groups is 1. The molecule has 4 nitrogen and oxygen atoms in total. The number of H-pyrrole nitrogens is 1. The second-order valence-corrected chi connectivity index (χ2v) is 3.87. The summed E-state index contributed by atoms with van der Waals surface area (Å²) in [6, 6.07) is 6.11. The van der Waals surface area contributed by atoms with Gasteiger partial charge >= 0.3 is 0 Å². The fourth-order valence-electron chi connectivity index (χ4n) is 1.67. The summed E-state index contributed by atoms with van der Waals surface area (Å²) < 4.78 is 12.8. The van der Waals surface area contributed by atoms with Gasteiger partial charge in [-0.05, 0) is 24.3 Å². The highest BCUT2D eigenvalue weighted by atomic mass is 19.1. The smallest absolute Gasteiger partial charge is 0.123 e. The maximum Gasteiger partial charge on any atom is 0.123 e. The second kappa shape index (κ2) is 5.07. The molecule has 0 fully saturated rings. The van der Waals surface area contributed by atoms with Crippen LogP contribution in [-0.4, -0.2) is 28.0 Å². The average molecular weight is 235 g/mol. The van der Waals surface area contributed by atoms with Crippen molar-refractivity contribution in [3.05, 3.63) is 41.8 Å². The number of rotatable bonds is 4. The van der Waals surface area contributed by atoms with E-state index in [1.807, 2.05) is 0 Å². The molecular formula is C12H14FN3O. The zero-order valence-electron chi connectivity index (χ0n) is 9.23. The minimum atomic E-state index is -0.591. The van der Waals surface area contributed by atoms with Gasteiger partial charge in [0.25, 0.3) is 0 Å². The van der Waals surface area contributed by atoms with E-state index in [2.05, 4.69) is 10.2 Å². The van der Waals surface area contributed by atoms with Crippen LogP contribution in [-0.2, 0) is 6.42 Å². The summed E-state index contributed by atoms with van der Waals surface area (Å²) in [5.41, 5.74) is 7.86. The third-order valence-electron chi connectivity index (χ3n) is 2.58. The van der Waals surface area contributed by atoms with Crippen molar-refractivity contribution in [2.75, 3.05) is 6.54 Å². The number of benzene rings is 1. The first kappa shape index (κ1) is 11.8. The molecule has 0 aliphatic rings. The Morgan fingerprint density at radius 2 is 2.06 bits per heavy atom. The van der Waals surface area contributed by atoms with E-state index in [1.165, 1.54) is 12.1 Å². The van der Waals surface area contributed by atoms with Crippen molar-refractivity contribution in [1.82, 2.24) is 10.2 Å². The molecule has 0 radical (unpaired) electrons. The number of aromatic amines is 1. The fraction of sp³-hybridized carbons (Fsp3) is 0.250. The molecule has 0 saturated heterocycles. The number of nitrogens with two attached hydrogens (primary N) is 1. The number of nitrogens with one attached hydrogen (secondary N) is 1. The summed E-state index contributed by atoms with van der Waals surface area (Å²) in [4.78, 5) is 0. The molecule has 90 valence electrons. The van der Waals surface area contributed by atoms with Gasteiger partial charge in [-0.3, -0.25) is 5.10 Å². The van der Waals surface area contributed by atoms with Crippen LogP contribution in [0.1, 0.15) is 5.56 Å². The molecule has 0 bridgehead atoms. The molecule has 4 N–H and O–H groups in total. The lowest BCUT2D eigenvalue weighted by Gasteiger charge is -2.07. The van der Waals surface area contributed by atoms with Crippen molar-refractivity contribution in [1.29, 1.82) is 0 Å². The molecular weight excluding hydrogens is 221 g/mol. The first-order valence-corrected chi connectivity index (χ1v) is 5.37. The lowest BCUT2D eigenvalue weighted by molar-refractivity contribution is 0.183. The molecule has 0 amide bonds. The highest BCUT2D eigenvalue weighted by Crippen LogP contribution is 2.22. The normalized spacial score (nSPS) is 12.6. The number of aliphatic hydroxyl groups excluding tert-OH is 1. The van der Waals surface area contributed by atoms with Crippen LogP contribution in [0.2, 0.25) is 0 Å². The van der Waals surface area contributed by atoms with Gasteiger partial charge in [-0.2, -0.15) is 5.10 Å². The maximum atomic E-state index is 12.8. The van der Waals surface area contributed by atoms with Crippen LogP contribution >= 0.6 is 0 Å². The number of halogens is 1. The molecule has 0 saturated carbocycles. The molecule has 2 aromatic rings. The molecule has 1 aromatic carbocycles. The predicted molar refractivity (Wildman–Crippen MR) is 62.7 cm³/mol. The first-order chi connectivity index (χ1) is 8.20. The monoisotopic (exact) mass is 235 g/mol. The first-order valence-electron chi connectivity index (χ1n) is 5.37. The van der Waals surface area contributed by atoms with Crippen molar-refractivity contribution in [2.24, 2.45) is 5.73 Å². The predicted octanol–water partition coefficient (Wildman–Crippen LogP) is 1.08. The standard InChI is InChI=1S/C12H14FN3O/c13-10-3-1-8(2-4-10)12-9(7-15-16-12)5-11(17)6-14/h1-4,7,11,17H,5-6,14H2,(H,15,16). The Kier molecular flexibility index (Phi) is 3.51. The SMILES string of the molecule is NCC(O)Cc1cn[nH]c1-c1ccc(F)cc1. The summed E-state index contributed by atoms with van der Waals surface area (Å²) in [6.45, 7) is 0.202. The number of hydrogen-bond acceptors (Lipinski definition) is 3. The Labute approximate surface area is 98.3 Å². The van der Waals surface area contributed by atoms with Gasteiger partial charge in [0, 0.05) is 24.1 Å². The molecule has 1 heterocycles. The molecule has 0 aliphatic heterocycles. The third-order valence-corrected chi connectivity index (χ3v) is 2.58. The van der Waals surface area contributed by atoms with Crippen LogP contribution in [0, 0.1) is 5.82 Å². The molecule has 0 aliphatic carbocycles. The van der Waals surface area contributed by atoms with E-state index >= 15 is 0 Å². The van der Waals surface area contributed by atoms with Gasteiger partial charge in [0.15, 0.2) is 0 Å². The van der Waals surface area contributed by atoms with Gasteiger partial charge in [-0.25, -0.2) is 4.39 Å². The molecule has 0 spiro atoms. The lowest BCUT2D eigenvalue weighted by atomic mass is 10.0. The van der Waals surface area contributed by atoms with Crippen molar-refractivity contribution in [3.8, 4) is 11.3 Å². The molecule has 2 rings (SSSR count). The summed E-state index contributed by atoms with van der Waals surface area (Å²) >= 11 is 0. The quantitative estimate of drug-likeness (QED) is 0.742. The van der Waals surface area contributed by atoms with Gasteiger partial charge in [0.05, 0.1) is 18.0 Å². The third kappa shape index (κ3) is 2.69. The van der Waals surface area contributed by atoms with Crippen LogP contribution in [0.15, 0.2) is 30.5 Å². The minimum Gasteiger partial charge on any atom is -0.391 e. The highest BCUT2D eigenvalue weighted by Gasteiger charge is 2.11. The van der Waals surface area contributed by atoms with Crippen molar-refractivity contribution < 1.29 is 9.50 Å². The Bertz CT molecular complexity index is 481. The van der Waals surface area contributed by atoms with E-state index < -0.39 is 6.10 Å². The van der Waals surface area contributed by atoms with Crippen molar-refractivity contribution >= 4 is 0 Å². The van der Waals surface area contributed by atoms with E-state index in [1.54, 1.807) is 18.3 Å². The van der Waals surface area contributed by atoms with Gasteiger partial charge in [0.1, 0.15) is 5.82 Å². The van der Waals surface area contributed by atoms with Gasteiger partial charge in [0.2, 0.25) is 0 Å². The maximum absolute atomic E-state index is 12.8. The van der Waals surface area contributed by atoms with Crippen molar-refractivity contribution in [2.45, 2.75) is 12.5 Å². The lowest BCUT2D eigenvalue weighted by Crippen LogP contribution is -2.22. The molecule has 1 atom stereocenters. The Balaban J connectivity index is 2.27. The van der Waals surface area contributed by atoms with Crippen LogP contribution in [0.4, 0.5) is 4.39 Å². The summed E-state index contributed by atoms with van der Waals surface area (Å²) in [5.74, 6) is -0.281. The molecule has 5 heteroatoms. The van der Waals surface area contributed by atoms with E-state index in [0.29, 0.717) is 6.42 Å². The van der Waals surface area contributed by atoms with Crippen LogP contribution in [0.5, 0.6) is 0 Å². The van der Waals surface area contributed by atoms with E-state index in [9.17, 15) is 9.50 Å². The summed E-state index contributed by atoms with van der Waals surface area (Å²) in [7, 11) is 0. The summed E-state index contributed by atoms with van der Waals surface area (Å²) in [6.07, 6.45) is 1.49. The zero-order chi connectivity index (χ0) is 12.3. The minimum absolute atomic E-state index is 0.202. The van der Waals surface area contributed by atoms with E-state index in [0.717, 1.165) is 16.8 Å². The van der Waals surface area contributed by atoms with Gasteiger partial charge in [-0.1, -0.05) is 0 Å². The number of nitrogens with zero attached hydrogens (tertiary/aromatic N) is 1. The van der Waals surface area contributed by atoms with Crippen molar-refractivity contribution in [3.63, 3.8) is 0 Å².